The van der Waals surface area contributed by atoms with Crippen LogP contribution in [0.3, 0.4) is 0 Å². The Morgan fingerprint density at radius 3 is 1.95 bits per heavy atom. The van der Waals surface area contributed by atoms with E-state index < -0.39 is 23.7 Å². The van der Waals surface area contributed by atoms with Crippen molar-refractivity contribution in [3.63, 3.8) is 0 Å². The molecule has 3 aromatic rings. The summed E-state index contributed by atoms with van der Waals surface area (Å²) in [5, 5.41) is 13.0. The van der Waals surface area contributed by atoms with Crippen molar-refractivity contribution in [2.45, 2.75) is 84.2 Å². The fraction of sp³-hybridized carbons (Fsp3) is 0.424. The molecule has 39 heavy (non-hydrogen) atoms. The van der Waals surface area contributed by atoms with E-state index in [-0.39, 0.29) is 35.6 Å². The number of carbonyl (C=O) groups is 1. The van der Waals surface area contributed by atoms with Crippen molar-refractivity contribution in [3.05, 3.63) is 94.6 Å². The van der Waals surface area contributed by atoms with Crippen LogP contribution in [0.15, 0.2) is 60.7 Å². The maximum Gasteiger partial charge on any atom is 0.322 e. The van der Waals surface area contributed by atoms with Gasteiger partial charge in [-0.3, -0.25) is 0 Å². The van der Waals surface area contributed by atoms with Gasteiger partial charge in [0.2, 0.25) is 0 Å². The first kappa shape index (κ1) is 28.6. The third-order valence-corrected chi connectivity index (χ3v) is 7.88. The molecule has 3 aromatic carbocycles. The van der Waals surface area contributed by atoms with Gasteiger partial charge in [-0.05, 0) is 71.6 Å². The van der Waals surface area contributed by atoms with E-state index in [9.17, 15) is 9.90 Å². The van der Waals surface area contributed by atoms with E-state index in [1.807, 2.05) is 18.2 Å². The van der Waals surface area contributed by atoms with Crippen LogP contribution in [-0.2, 0) is 6.54 Å². The molecule has 0 saturated heterocycles. The van der Waals surface area contributed by atoms with Gasteiger partial charge >= 0.3 is 6.03 Å². The highest BCUT2D eigenvalue weighted by Crippen LogP contribution is 2.42. The van der Waals surface area contributed by atoms with Crippen molar-refractivity contribution in [2.24, 2.45) is 5.92 Å². The lowest BCUT2D eigenvalue weighted by atomic mass is 9.80. The molecule has 0 aliphatic heterocycles. The molecule has 0 aromatic heterocycles. The van der Waals surface area contributed by atoms with Crippen molar-refractivity contribution in [3.8, 4) is 5.75 Å². The number of halogens is 2. The number of phenolic OH excluding ortho intramolecular Hbond substituents is 1. The molecule has 1 atom stereocenters. The van der Waals surface area contributed by atoms with Crippen LogP contribution in [0.4, 0.5) is 19.3 Å². The highest BCUT2D eigenvalue weighted by atomic mass is 19.1. The van der Waals surface area contributed by atoms with E-state index in [0.717, 1.165) is 54.5 Å². The second-order valence-corrected chi connectivity index (χ2v) is 11.3. The number of aromatic hydroxyl groups is 1. The molecule has 1 aliphatic rings. The maximum atomic E-state index is 15.4. The molecule has 0 heterocycles. The predicted molar refractivity (Wildman–Crippen MR) is 153 cm³/mol. The lowest BCUT2D eigenvalue weighted by Crippen LogP contribution is -2.42. The monoisotopic (exact) mass is 534 g/mol. The van der Waals surface area contributed by atoms with Gasteiger partial charge in [-0.1, -0.05) is 83.4 Å². The van der Waals surface area contributed by atoms with Gasteiger partial charge in [0.05, 0.1) is 6.04 Å². The summed E-state index contributed by atoms with van der Waals surface area (Å²) >= 11 is 0. The van der Waals surface area contributed by atoms with Gasteiger partial charge < -0.3 is 15.3 Å². The Kier molecular flexibility index (Phi) is 9.26. The minimum Gasteiger partial charge on any atom is -0.508 e. The summed E-state index contributed by atoms with van der Waals surface area (Å²) in [6.07, 6.45) is 4.57. The maximum absolute atomic E-state index is 15.4. The highest BCUT2D eigenvalue weighted by Gasteiger charge is 2.37. The molecule has 0 bridgehead atoms. The smallest absolute Gasteiger partial charge is 0.322 e. The van der Waals surface area contributed by atoms with E-state index in [1.165, 1.54) is 18.2 Å². The van der Waals surface area contributed by atoms with Crippen LogP contribution in [0.25, 0.3) is 0 Å². The fourth-order valence-electron chi connectivity index (χ4n) is 5.86. The Hall–Kier alpha value is -3.41. The van der Waals surface area contributed by atoms with Gasteiger partial charge in [0.15, 0.2) is 0 Å². The third-order valence-electron chi connectivity index (χ3n) is 7.88. The van der Waals surface area contributed by atoms with Crippen molar-refractivity contribution in [1.29, 1.82) is 0 Å². The summed E-state index contributed by atoms with van der Waals surface area (Å²) in [5.74, 6) is -0.909. The molecule has 0 radical (unpaired) electrons. The molecule has 4 rings (SSSR count). The summed E-state index contributed by atoms with van der Waals surface area (Å²) in [4.78, 5) is 15.9. The highest BCUT2D eigenvalue weighted by molar-refractivity contribution is 5.92. The molecule has 4 nitrogen and oxygen atoms in total. The number of amides is 2. The summed E-state index contributed by atoms with van der Waals surface area (Å²) in [7, 11) is 0. The Bertz CT molecular complexity index is 1220. The number of urea groups is 1. The second-order valence-electron chi connectivity index (χ2n) is 11.3. The quantitative estimate of drug-likeness (QED) is 0.303. The molecule has 208 valence electrons. The van der Waals surface area contributed by atoms with Gasteiger partial charge in [-0.25, -0.2) is 13.6 Å². The van der Waals surface area contributed by atoms with E-state index in [0.29, 0.717) is 0 Å². The molecule has 1 unspecified atom stereocenters. The molecule has 1 saturated carbocycles. The largest absolute Gasteiger partial charge is 0.508 e. The van der Waals surface area contributed by atoms with Crippen molar-refractivity contribution >= 4 is 11.7 Å². The molecule has 1 fully saturated rings. The number of nitrogens with zero attached hydrogens (tertiary/aromatic N) is 1. The number of carbonyl (C=O) groups excluding carboxylic acids is 1. The second kappa shape index (κ2) is 12.6. The standard InChI is InChI=1S/C33H40F2N2O2/c1-21(2)26-12-8-13-27(22(3)4)31(26)36-33(39)37(20-23-16-18-25(38)19-17-23)32(24-10-6-5-7-11-24)30-28(34)14-9-15-29(30)35/h8-9,12-19,21-22,24,32,38H,5-7,10-11,20H2,1-4H3,(H,36,39). The number of hydrogen-bond donors (Lipinski definition) is 2. The van der Waals surface area contributed by atoms with Crippen LogP contribution in [0.2, 0.25) is 0 Å². The zero-order valence-corrected chi connectivity index (χ0v) is 23.4. The topological polar surface area (TPSA) is 52.6 Å². The minimum absolute atomic E-state index is 0.0560. The predicted octanol–water partition coefficient (Wildman–Crippen LogP) is 9.27. The van der Waals surface area contributed by atoms with Gasteiger partial charge in [0, 0.05) is 17.8 Å². The fourth-order valence-corrected chi connectivity index (χ4v) is 5.86. The van der Waals surface area contributed by atoms with Gasteiger partial charge in [0.25, 0.3) is 0 Å². The first-order chi connectivity index (χ1) is 18.7. The molecular weight excluding hydrogens is 494 g/mol. The number of benzene rings is 3. The Labute approximate surface area is 231 Å². The summed E-state index contributed by atoms with van der Waals surface area (Å²) in [6, 6.07) is 15.4. The SMILES string of the molecule is CC(C)c1cccc(C(C)C)c1NC(=O)N(Cc1ccc(O)cc1)C(c1c(F)cccc1F)C1CCCCC1. The Morgan fingerprint density at radius 1 is 0.872 bits per heavy atom. The average Bonchev–Trinajstić information content (AvgIpc) is 2.91. The van der Waals surface area contributed by atoms with Crippen LogP contribution in [-0.4, -0.2) is 16.0 Å². The number of para-hydroxylation sites is 1. The van der Waals surface area contributed by atoms with Gasteiger partial charge in [-0.2, -0.15) is 0 Å². The first-order valence-electron chi connectivity index (χ1n) is 14.1. The zero-order valence-electron chi connectivity index (χ0n) is 23.4. The van der Waals surface area contributed by atoms with Crippen molar-refractivity contribution in [2.75, 3.05) is 5.32 Å². The molecule has 2 amide bonds. The average molecular weight is 535 g/mol. The van der Waals surface area contributed by atoms with Crippen LogP contribution >= 0.6 is 0 Å². The lowest BCUT2D eigenvalue weighted by Gasteiger charge is -2.40. The zero-order chi connectivity index (χ0) is 28.1. The van der Waals surface area contributed by atoms with Crippen LogP contribution < -0.4 is 5.32 Å². The number of nitrogens with one attached hydrogen (secondary N) is 1. The number of hydrogen-bond acceptors (Lipinski definition) is 2. The summed E-state index contributed by atoms with van der Waals surface area (Å²) < 4.78 is 30.8. The van der Waals surface area contributed by atoms with E-state index >= 15 is 8.78 Å². The first-order valence-corrected chi connectivity index (χ1v) is 14.1. The van der Waals surface area contributed by atoms with Gasteiger partial charge in [-0.15, -0.1) is 0 Å². The molecular formula is C33H40F2N2O2. The van der Waals surface area contributed by atoms with E-state index in [4.69, 9.17) is 0 Å². The summed E-state index contributed by atoms with van der Waals surface area (Å²) in [6.45, 7) is 8.49. The van der Waals surface area contributed by atoms with E-state index in [2.05, 4.69) is 33.0 Å². The van der Waals surface area contributed by atoms with Gasteiger partial charge in [0.1, 0.15) is 17.4 Å². The Morgan fingerprint density at radius 2 is 1.41 bits per heavy atom. The molecule has 6 heteroatoms. The molecule has 0 spiro atoms. The number of phenols is 1. The molecule has 1 aliphatic carbocycles. The Balaban J connectivity index is 1.84. The van der Waals surface area contributed by atoms with Crippen LogP contribution in [0.1, 0.15) is 99.9 Å². The normalized spacial score (nSPS) is 15.0. The molecule has 2 N–H and O–H groups in total. The van der Waals surface area contributed by atoms with Crippen molar-refractivity contribution < 1.29 is 18.7 Å². The third kappa shape index (κ3) is 6.60. The van der Waals surface area contributed by atoms with Crippen molar-refractivity contribution in [1.82, 2.24) is 4.90 Å². The van der Waals surface area contributed by atoms with Crippen LogP contribution in [0.5, 0.6) is 5.75 Å². The lowest BCUT2D eigenvalue weighted by molar-refractivity contribution is 0.129. The number of anilines is 1. The minimum atomic E-state index is -0.783. The number of rotatable bonds is 8. The van der Waals surface area contributed by atoms with E-state index in [1.54, 1.807) is 29.2 Å². The summed E-state index contributed by atoms with van der Waals surface area (Å²) in [5.41, 5.74) is 3.51. The van der Waals surface area contributed by atoms with Crippen LogP contribution in [0, 0.1) is 17.6 Å².